The van der Waals surface area contributed by atoms with E-state index in [1.54, 1.807) is 12.1 Å². The number of rotatable bonds is 6. The van der Waals surface area contributed by atoms with Gasteiger partial charge in [-0.25, -0.2) is 0 Å². The molecule has 3 nitrogen and oxygen atoms in total. The van der Waals surface area contributed by atoms with Crippen LogP contribution in [0.25, 0.3) is 0 Å². The standard InChI is InChI=1S/C15H16O3/c1-3-12(10-7-11-14(16)18-2)15(17)13-8-5-4-6-9-13/h4-6,8-9H,1,7,10-11H2,2H3. The zero-order chi connectivity index (χ0) is 13.4. The Hall–Kier alpha value is -2.12. The van der Waals surface area contributed by atoms with Crippen molar-refractivity contribution >= 4 is 11.8 Å². The fourth-order valence-corrected chi connectivity index (χ4v) is 1.56. The number of ketones is 1. The van der Waals surface area contributed by atoms with E-state index in [0.717, 1.165) is 0 Å². The lowest BCUT2D eigenvalue weighted by Gasteiger charge is -2.04. The Morgan fingerprint density at radius 3 is 2.44 bits per heavy atom. The van der Waals surface area contributed by atoms with Crippen molar-refractivity contribution in [1.82, 2.24) is 0 Å². The molecule has 94 valence electrons. The summed E-state index contributed by atoms with van der Waals surface area (Å²) in [4.78, 5) is 23.0. The van der Waals surface area contributed by atoms with Gasteiger partial charge in [-0.1, -0.05) is 36.9 Å². The maximum atomic E-state index is 12.1. The van der Waals surface area contributed by atoms with Crippen molar-refractivity contribution in [2.45, 2.75) is 19.3 Å². The van der Waals surface area contributed by atoms with Gasteiger partial charge in [-0.15, -0.1) is 5.73 Å². The monoisotopic (exact) mass is 244 g/mol. The van der Waals surface area contributed by atoms with Crippen LogP contribution in [0, 0.1) is 0 Å². The largest absolute Gasteiger partial charge is 0.469 e. The van der Waals surface area contributed by atoms with Crippen molar-refractivity contribution in [2.24, 2.45) is 0 Å². The third kappa shape index (κ3) is 4.04. The molecule has 0 aromatic heterocycles. The smallest absolute Gasteiger partial charge is 0.305 e. The first-order valence-corrected chi connectivity index (χ1v) is 5.74. The van der Waals surface area contributed by atoms with Gasteiger partial charge in [-0.3, -0.25) is 9.59 Å². The molecule has 0 radical (unpaired) electrons. The fraction of sp³-hybridized carbons (Fsp3) is 0.267. The zero-order valence-electron chi connectivity index (χ0n) is 10.4. The van der Waals surface area contributed by atoms with Gasteiger partial charge in [-0.2, -0.15) is 0 Å². The normalized spacial score (nSPS) is 9.39. The van der Waals surface area contributed by atoms with Crippen molar-refractivity contribution in [3.05, 3.63) is 53.8 Å². The van der Waals surface area contributed by atoms with Gasteiger partial charge in [0.15, 0.2) is 5.78 Å². The number of hydrogen-bond acceptors (Lipinski definition) is 3. The molecule has 0 unspecified atom stereocenters. The Labute approximate surface area is 107 Å². The lowest BCUT2D eigenvalue weighted by atomic mass is 9.99. The summed E-state index contributed by atoms with van der Waals surface area (Å²) in [5.41, 5.74) is 3.77. The third-order valence-corrected chi connectivity index (χ3v) is 2.56. The van der Waals surface area contributed by atoms with Gasteiger partial charge in [0.25, 0.3) is 0 Å². The summed E-state index contributed by atoms with van der Waals surface area (Å²) in [5, 5.41) is 0. The van der Waals surface area contributed by atoms with Crippen LogP contribution in [0.1, 0.15) is 29.6 Å². The van der Waals surface area contributed by atoms with E-state index in [1.807, 2.05) is 18.2 Å². The van der Waals surface area contributed by atoms with Crippen LogP contribution in [-0.4, -0.2) is 18.9 Å². The predicted molar refractivity (Wildman–Crippen MR) is 69.3 cm³/mol. The van der Waals surface area contributed by atoms with Crippen LogP contribution >= 0.6 is 0 Å². The van der Waals surface area contributed by atoms with Crippen molar-refractivity contribution < 1.29 is 14.3 Å². The molecule has 0 N–H and O–H groups in total. The minimum Gasteiger partial charge on any atom is -0.469 e. The minimum atomic E-state index is -0.273. The number of methoxy groups -OCH3 is 1. The van der Waals surface area contributed by atoms with E-state index in [4.69, 9.17) is 0 Å². The second-order valence-corrected chi connectivity index (χ2v) is 3.78. The van der Waals surface area contributed by atoms with Gasteiger partial charge >= 0.3 is 5.97 Å². The number of hydrogen-bond donors (Lipinski definition) is 0. The van der Waals surface area contributed by atoms with E-state index in [2.05, 4.69) is 17.0 Å². The van der Waals surface area contributed by atoms with Crippen LogP contribution in [0.4, 0.5) is 0 Å². The van der Waals surface area contributed by atoms with Crippen molar-refractivity contribution in [3.63, 3.8) is 0 Å². The highest BCUT2D eigenvalue weighted by molar-refractivity contribution is 6.08. The lowest BCUT2D eigenvalue weighted by molar-refractivity contribution is -0.140. The number of carbonyl (C=O) groups excluding carboxylic acids is 2. The quantitative estimate of drug-likeness (QED) is 0.334. The summed E-state index contributed by atoms with van der Waals surface area (Å²) in [7, 11) is 1.35. The molecular formula is C15H16O3. The minimum absolute atomic E-state index is 0.0875. The number of carbonyl (C=O) groups is 2. The molecule has 0 aliphatic rings. The van der Waals surface area contributed by atoms with E-state index in [0.29, 0.717) is 30.4 Å². The van der Waals surface area contributed by atoms with E-state index >= 15 is 0 Å². The molecule has 3 heteroatoms. The molecule has 0 heterocycles. The molecule has 18 heavy (non-hydrogen) atoms. The van der Waals surface area contributed by atoms with Gasteiger partial charge in [0.2, 0.25) is 0 Å². The second-order valence-electron chi connectivity index (χ2n) is 3.78. The Morgan fingerprint density at radius 1 is 1.22 bits per heavy atom. The van der Waals surface area contributed by atoms with Crippen LogP contribution in [-0.2, 0) is 9.53 Å². The Balaban J connectivity index is 2.60. The van der Waals surface area contributed by atoms with Crippen molar-refractivity contribution in [1.29, 1.82) is 0 Å². The maximum absolute atomic E-state index is 12.1. The maximum Gasteiger partial charge on any atom is 0.305 e. The molecule has 0 spiro atoms. The van der Waals surface area contributed by atoms with Gasteiger partial charge in [0, 0.05) is 17.6 Å². The summed E-state index contributed by atoms with van der Waals surface area (Å²) < 4.78 is 4.54. The molecule has 0 saturated heterocycles. The fourth-order valence-electron chi connectivity index (χ4n) is 1.56. The molecule has 1 rings (SSSR count). The second kappa shape index (κ2) is 7.25. The number of esters is 1. The Kier molecular flexibility index (Phi) is 5.62. The number of benzene rings is 1. The van der Waals surface area contributed by atoms with Crippen LogP contribution in [0.15, 0.2) is 48.2 Å². The average Bonchev–Trinajstić information content (AvgIpc) is 2.43. The summed E-state index contributed by atoms with van der Waals surface area (Å²) in [5.74, 6) is -0.360. The first-order chi connectivity index (χ1) is 8.69. The molecule has 1 aromatic carbocycles. The summed E-state index contributed by atoms with van der Waals surface area (Å²) in [6.45, 7) is 3.53. The molecule has 0 aliphatic carbocycles. The number of ether oxygens (including phenoxy) is 1. The molecule has 0 amide bonds. The average molecular weight is 244 g/mol. The van der Waals surface area contributed by atoms with Crippen LogP contribution in [0.3, 0.4) is 0 Å². The van der Waals surface area contributed by atoms with E-state index in [-0.39, 0.29) is 11.8 Å². The topological polar surface area (TPSA) is 43.4 Å². The molecule has 0 bridgehead atoms. The molecule has 0 saturated carbocycles. The SMILES string of the molecule is C=C=C(CCCC(=O)OC)C(=O)c1ccccc1. The molecule has 0 atom stereocenters. The molecular weight excluding hydrogens is 228 g/mol. The highest BCUT2D eigenvalue weighted by Crippen LogP contribution is 2.13. The predicted octanol–water partition coefficient (Wildman–Crippen LogP) is 2.92. The van der Waals surface area contributed by atoms with Gasteiger partial charge in [0.1, 0.15) is 0 Å². The summed E-state index contributed by atoms with van der Waals surface area (Å²) in [6.07, 6.45) is 1.33. The molecule has 0 aliphatic heterocycles. The van der Waals surface area contributed by atoms with Crippen LogP contribution in [0.2, 0.25) is 0 Å². The van der Waals surface area contributed by atoms with Crippen LogP contribution in [0.5, 0.6) is 0 Å². The third-order valence-electron chi connectivity index (χ3n) is 2.56. The van der Waals surface area contributed by atoms with Gasteiger partial charge in [0.05, 0.1) is 7.11 Å². The van der Waals surface area contributed by atoms with Gasteiger partial charge in [-0.05, 0) is 12.8 Å². The van der Waals surface area contributed by atoms with Gasteiger partial charge < -0.3 is 4.74 Å². The van der Waals surface area contributed by atoms with E-state index in [1.165, 1.54) is 7.11 Å². The first kappa shape index (κ1) is 13.9. The zero-order valence-corrected chi connectivity index (χ0v) is 10.4. The summed E-state index contributed by atoms with van der Waals surface area (Å²) in [6, 6.07) is 8.97. The highest BCUT2D eigenvalue weighted by Gasteiger charge is 2.11. The lowest BCUT2D eigenvalue weighted by Crippen LogP contribution is -2.05. The highest BCUT2D eigenvalue weighted by atomic mass is 16.5. The Morgan fingerprint density at radius 2 is 1.89 bits per heavy atom. The van der Waals surface area contributed by atoms with Crippen molar-refractivity contribution in [2.75, 3.05) is 7.11 Å². The summed E-state index contributed by atoms with van der Waals surface area (Å²) >= 11 is 0. The molecule has 0 fully saturated rings. The number of allylic oxidation sites excluding steroid dienone is 1. The molecule has 1 aromatic rings. The van der Waals surface area contributed by atoms with Crippen molar-refractivity contribution in [3.8, 4) is 0 Å². The van der Waals surface area contributed by atoms with Crippen LogP contribution < -0.4 is 0 Å². The first-order valence-electron chi connectivity index (χ1n) is 5.74. The Bertz CT molecular complexity index is 468. The van der Waals surface area contributed by atoms with E-state index in [9.17, 15) is 9.59 Å². The number of Topliss-reactive ketones (excluding diaryl/α,β-unsaturated/α-hetero) is 1. The van der Waals surface area contributed by atoms with E-state index < -0.39 is 0 Å².